The predicted molar refractivity (Wildman–Crippen MR) is 103 cm³/mol. The van der Waals surface area contributed by atoms with Crippen LogP contribution < -0.4 is 5.32 Å². The number of Topliss-reactive ketones (excluding diaryl/α,β-unsaturated/α-hetero) is 1. The average Bonchev–Trinajstić information content (AvgIpc) is 2.67. The second kappa shape index (κ2) is 5.96. The molecular weight excluding hydrogens is 306 g/mol. The van der Waals surface area contributed by atoms with E-state index in [0.717, 1.165) is 32.4 Å². The molecule has 0 radical (unpaired) electrons. The standard InChI is InChI=1S/C23H23NO/c25-23-13-17-6-8-19-18-4-2-1-3-15(18)5-7-20(19)21(17)14-22(23)16-9-11-24-12-10-16/h1-8,16,22,24H,9-14H2. The fourth-order valence-corrected chi connectivity index (χ4v) is 4.93. The summed E-state index contributed by atoms with van der Waals surface area (Å²) in [7, 11) is 0. The quantitative estimate of drug-likeness (QED) is 0.675. The molecule has 1 atom stereocenters. The van der Waals surface area contributed by atoms with Crippen LogP contribution in [-0.2, 0) is 17.6 Å². The van der Waals surface area contributed by atoms with Gasteiger partial charge in [-0.25, -0.2) is 0 Å². The Bertz CT molecular complexity index is 968. The van der Waals surface area contributed by atoms with Gasteiger partial charge in [-0.1, -0.05) is 48.5 Å². The number of benzene rings is 3. The van der Waals surface area contributed by atoms with Crippen molar-refractivity contribution in [1.82, 2.24) is 5.32 Å². The maximum absolute atomic E-state index is 12.8. The van der Waals surface area contributed by atoms with E-state index in [-0.39, 0.29) is 5.92 Å². The molecular formula is C23H23NO. The van der Waals surface area contributed by atoms with Crippen LogP contribution in [0, 0.1) is 11.8 Å². The van der Waals surface area contributed by atoms with E-state index >= 15 is 0 Å². The number of piperidine rings is 1. The molecule has 1 aliphatic carbocycles. The molecule has 126 valence electrons. The minimum Gasteiger partial charge on any atom is -0.317 e. The molecule has 0 amide bonds. The molecule has 1 heterocycles. The first-order chi connectivity index (χ1) is 12.3. The van der Waals surface area contributed by atoms with Gasteiger partial charge in [-0.3, -0.25) is 4.79 Å². The Kier molecular flexibility index (Phi) is 3.60. The van der Waals surface area contributed by atoms with Crippen molar-refractivity contribution in [2.45, 2.75) is 25.7 Å². The van der Waals surface area contributed by atoms with E-state index < -0.39 is 0 Å². The first-order valence-electron chi connectivity index (χ1n) is 9.47. The lowest BCUT2D eigenvalue weighted by Crippen LogP contribution is -2.38. The van der Waals surface area contributed by atoms with E-state index in [1.165, 1.54) is 32.7 Å². The highest BCUT2D eigenvalue weighted by Crippen LogP contribution is 2.37. The van der Waals surface area contributed by atoms with Gasteiger partial charge < -0.3 is 5.32 Å². The van der Waals surface area contributed by atoms with Gasteiger partial charge in [-0.15, -0.1) is 0 Å². The van der Waals surface area contributed by atoms with Gasteiger partial charge in [-0.05, 0) is 70.9 Å². The SMILES string of the molecule is O=C1Cc2ccc3c(ccc4ccccc43)c2CC1C1CCNCC1. The number of hydrogen-bond acceptors (Lipinski definition) is 2. The molecule has 1 N–H and O–H groups in total. The van der Waals surface area contributed by atoms with Crippen LogP contribution in [0.25, 0.3) is 21.5 Å². The maximum atomic E-state index is 12.8. The fraction of sp³-hybridized carbons (Fsp3) is 0.348. The molecule has 0 spiro atoms. The van der Waals surface area contributed by atoms with Crippen LogP contribution in [-0.4, -0.2) is 18.9 Å². The first-order valence-corrected chi connectivity index (χ1v) is 9.47. The summed E-state index contributed by atoms with van der Waals surface area (Å²) in [5.41, 5.74) is 2.67. The van der Waals surface area contributed by atoms with Crippen LogP contribution in [0.2, 0.25) is 0 Å². The van der Waals surface area contributed by atoms with E-state index in [2.05, 4.69) is 53.8 Å². The minimum atomic E-state index is 0.215. The van der Waals surface area contributed by atoms with Gasteiger partial charge in [0, 0.05) is 12.3 Å². The van der Waals surface area contributed by atoms with E-state index in [0.29, 0.717) is 18.1 Å². The van der Waals surface area contributed by atoms with Gasteiger partial charge >= 0.3 is 0 Å². The third-order valence-electron chi connectivity index (χ3n) is 6.29. The highest BCUT2D eigenvalue weighted by Gasteiger charge is 2.34. The zero-order valence-electron chi connectivity index (χ0n) is 14.4. The second-order valence-corrected chi connectivity index (χ2v) is 7.63. The molecule has 1 unspecified atom stereocenters. The Morgan fingerprint density at radius 1 is 0.840 bits per heavy atom. The van der Waals surface area contributed by atoms with E-state index in [1.54, 1.807) is 0 Å². The molecule has 1 aliphatic heterocycles. The lowest BCUT2D eigenvalue weighted by Gasteiger charge is -2.33. The molecule has 3 aromatic carbocycles. The molecule has 0 aromatic heterocycles. The summed E-state index contributed by atoms with van der Waals surface area (Å²) in [4.78, 5) is 12.8. The van der Waals surface area contributed by atoms with Crippen molar-refractivity contribution < 1.29 is 4.79 Å². The molecule has 2 aliphatic rings. The average molecular weight is 329 g/mol. The highest BCUT2D eigenvalue weighted by atomic mass is 16.1. The summed E-state index contributed by atoms with van der Waals surface area (Å²) in [6.45, 7) is 2.11. The van der Waals surface area contributed by atoms with E-state index in [9.17, 15) is 4.79 Å². The number of nitrogens with one attached hydrogen (secondary N) is 1. The fourth-order valence-electron chi connectivity index (χ4n) is 4.93. The first kappa shape index (κ1) is 15.1. The van der Waals surface area contributed by atoms with Crippen molar-refractivity contribution in [3.8, 4) is 0 Å². The van der Waals surface area contributed by atoms with Crippen LogP contribution >= 0.6 is 0 Å². The number of ketones is 1. The van der Waals surface area contributed by atoms with Crippen LogP contribution in [0.4, 0.5) is 0 Å². The maximum Gasteiger partial charge on any atom is 0.140 e. The lowest BCUT2D eigenvalue weighted by molar-refractivity contribution is -0.124. The van der Waals surface area contributed by atoms with Crippen molar-refractivity contribution in [2.75, 3.05) is 13.1 Å². The van der Waals surface area contributed by atoms with Gasteiger partial charge in [0.05, 0.1) is 0 Å². The Morgan fingerprint density at radius 2 is 1.64 bits per heavy atom. The highest BCUT2D eigenvalue weighted by molar-refractivity contribution is 6.09. The summed E-state index contributed by atoms with van der Waals surface area (Å²) in [5.74, 6) is 1.23. The molecule has 2 heteroatoms. The Morgan fingerprint density at radius 3 is 2.52 bits per heavy atom. The van der Waals surface area contributed by atoms with Crippen LogP contribution in [0.1, 0.15) is 24.0 Å². The van der Waals surface area contributed by atoms with Gasteiger partial charge in [0.1, 0.15) is 5.78 Å². The summed E-state index contributed by atoms with van der Waals surface area (Å²) < 4.78 is 0. The minimum absolute atomic E-state index is 0.215. The predicted octanol–water partition coefficient (Wildman–Crippen LogP) is 4.28. The van der Waals surface area contributed by atoms with Crippen LogP contribution in [0.15, 0.2) is 48.5 Å². The molecule has 2 nitrogen and oxygen atoms in total. The van der Waals surface area contributed by atoms with Gasteiger partial charge in [-0.2, -0.15) is 0 Å². The normalized spacial score (nSPS) is 21.6. The molecule has 0 saturated carbocycles. The molecule has 5 rings (SSSR count). The van der Waals surface area contributed by atoms with Crippen molar-refractivity contribution >= 4 is 27.3 Å². The van der Waals surface area contributed by atoms with Crippen molar-refractivity contribution in [3.05, 3.63) is 59.7 Å². The van der Waals surface area contributed by atoms with Crippen molar-refractivity contribution in [1.29, 1.82) is 0 Å². The number of hydrogen-bond donors (Lipinski definition) is 1. The number of fused-ring (bicyclic) bond motifs is 5. The third-order valence-corrected chi connectivity index (χ3v) is 6.29. The Labute approximate surface area is 148 Å². The Balaban J connectivity index is 1.64. The van der Waals surface area contributed by atoms with Gasteiger partial charge in [0.25, 0.3) is 0 Å². The van der Waals surface area contributed by atoms with E-state index in [4.69, 9.17) is 0 Å². The zero-order chi connectivity index (χ0) is 16.8. The zero-order valence-corrected chi connectivity index (χ0v) is 14.4. The largest absolute Gasteiger partial charge is 0.317 e. The Hall–Kier alpha value is -2.19. The van der Waals surface area contributed by atoms with Crippen LogP contribution in [0.5, 0.6) is 0 Å². The lowest BCUT2D eigenvalue weighted by atomic mass is 9.72. The molecule has 25 heavy (non-hydrogen) atoms. The van der Waals surface area contributed by atoms with Crippen LogP contribution in [0.3, 0.4) is 0 Å². The molecule has 1 saturated heterocycles. The summed E-state index contributed by atoms with van der Waals surface area (Å²) in [6.07, 6.45) is 3.82. The smallest absolute Gasteiger partial charge is 0.140 e. The number of rotatable bonds is 1. The summed E-state index contributed by atoms with van der Waals surface area (Å²) in [5, 5.41) is 8.71. The molecule has 1 fully saturated rings. The van der Waals surface area contributed by atoms with Gasteiger partial charge in [0.2, 0.25) is 0 Å². The van der Waals surface area contributed by atoms with Gasteiger partial charge in [0.15, 0.2) is 0 Å². The third kappa shape index (κ3) is 2.47. The molecule has 3 aromatic rings. The topological polar surface area (TPSA) is 29.1 Å². The summed E-state index contributed by atoms with van der Waals surface area (Å²) in [6, 6.07) is 17.5. The monoisotopic (exact) mass is 329 g/mol. The number of carbonyl (C=O) groups is 1. The van der Waals surface area contributed by atoms with E-state index in [1.807, 2.05) is 0 Å². The number of carbonyl (C=O) groups excluding carboxylic acids is 1. The van der Waals surface area contributed by atoms with Crippen molar-refractivity contribution in [3.63, 3.8) is 0 Å². The second-order valence-electron chi connectivity index (χ2n) is 7.63. The molecule has 0 bridgehead atoms. The summed E-state index contributed by atoms with van der Waals surface area (Å²) >= 11 is 0. The van der Waals surface area contributed by atoms with Crippen molar-refractivity contribution in [2.24, 2.45) is 11.8 Å².